The highest BCUT2D eigenvalue weighted by Crippen LogP contribution is 2.48. The molecule has 0 bridgehead atoms. The summed E-state index contributed by atoms with van der Waals surface area (Å²) in [6.07, 6.45) is 5.26. The van der Waals surface area contributed by atoms with E-state index < -0.39 is 21.8 Å². The summed E-state index contributed by atoms with van der Waals surface area (Å²) in [7, 11) is -0.857. The molecule has 1 fully saturated rings. The first-order valence-corrected chi connectivity index (χ1v) is 23.3. The number of rotatable bonds is 24. The molecule has 15 heteroatoms. The van der Waals surface area contributed by atoms with Gasteiger partial charge in [0.1, 0.15) is 17.2 Å². The summed E-state index contributed by atoms with van der Waals surface area (Å²) in [5, 5.41) is 3.21. The molecule has 0 aliphatic heterocycles. The number of nitrogens with one attached hydrogen (secondary N) is 1. The van der Waals surface area contributed by atoms with Gasteiger partial charge in [0.2, 0.25) is 10.0 Å². The number of carbonyl (C=O) groups is 3. The lowest BCUT2D eigenvalue weighted by atomic mass is 10.0. The molecular formula is C49H59FN2O11S. The zero-order valence-electron chi connectivity index (χ0n) is 37.3. The highest BCUT2D eigenvalue weighted by molar-refractivity contribution is 7.92. The van der Waals surface area contributed by atoms with Gasteiger partial charge in [0.15, 0.2) is 5.78 Å². The Bertz CT molecular complexity index is 2430. The second-order valence-electron chi connectivity index (χ2n) is 15.2. The number of benzene rings is 4. The predicted molar refractivity (Wildman–Crippen MR) is 244 cm³/mol. The van der Waals surface area contributed by atoms with E-state index in [1.807, 2.05) is 42.5 Å². The number of carbonyl (C=O) groups excluding carboxylic acids is 3. The van der Waals surface area contributed by atoms with Crippen LogP contribution in [0.4, 0.5) is 10.1 Å². The highest BCUT2D eigenvalue weighted by Gasteiger charge is 2.33. The van der Waals surface area contributed by atoms with E-state index in [9.17, 15) is 27.2 Å². The number of esters is 1. The number of ether oxygens (including phenoxy) is 5. The Morgan fingerprint density at radius 2 is 1.34 bits per heavy atom. The summed E-state index contributed by atoms with van der Waals surface area (Å²) in [4.78, 5) is 36.4. The average Bonchev–Trinajstić information content (AvgIpc) is 4.07. The summed E-state index contributed by atoms with van der Waals surface area (Å²) in [6.45, 7) is 7.44. The van der Waals surface area contributed by atoms with Crippen LogP contribution in [0, 0.1) is 5.82 Å². The number of Topliss-reactive ketones (excluding diaryl/α,β-unsaturated/α-hetero) is 1. The van der Waals surface area contributed by atoms with Gasteiger partial charge in [0, 0.05) is 36.2 Å². The van der Waals surface area contributed by atoms with Crippen molar-refractivity contribution in [3.05, 3.63) is 124 Å². The SMILES string of the molecule is CCCOCCOCCc1ccccc1C(C)=O.CNC(=O)c1c(-c2ccc(F)cc2)oc2cc(N(CCOCCOCCc3ccccc3C(=O)OC)S(C)(=O)=O)c(C3CC3)cc12. The molecule has 1 amide bonds. The van der Waals surface area contributed by atoms with E-state index in [0.717, 1.165) is 60.8 Å². The lowest BCUT2D eigenvalue weighted by molar-refractivity contribution is 0.0491. The van der Waals surface area contributed by atoms with E-state index in [2.05, 4.69) is 12.2 Å². The molecule has 1 aliphatic rings. The molecule has 13 nitrogen and oxygen atoms in total. The maximum absolute atomic E-state index is 13.6. The van der Waals surface area contributed by atoms with Crippen molar-refractivity contribution in [3.63, 3.8) is 0 Å². The predicted octanol–water partition coefficient (Wildman–Crippen LogP) is 8.18. The summed E-state index contributed by atoms with van der Waals surface area (Å²) >= 11 is 0. The van der Waals surface area contributed by atoms with Crippen LogP contribution in [-0.4, -0.2) is 106 Å². The third-order valence-corrected chi connectivity index (χ3v) is 11.6. The Kier molecular flexibility index (Phi) is 19.0. The highest BCUT2D eigenvalue weighted by atomic mass is 32.2. The number of ketones is 1. The Labute approximate surface area is 375 Å². The molecule has 0 radical (unpaired) electrons. The van der Waals surface area contributed by atoms with Gasteiger partial charge in [-0.3, -0.25) is 13.9 Å². The van der Waals surface area contributed by atoms with Gasteiger partial charge in [-0.25, -0.2) is 17.6 Å². The average molecular weight is 903 g/mol. The number of hydrogen-bond acceptors (Lipinski definition) is 11. The number of halogens is 1. The molecule has 1 aromatic heterocycles. The normalized spacial score (nSPS) is 12.4. The van der Waals surface area contributed by atoms with Gasteiger partial charge in [-0.2, -0.15) is 0 Å². The van der Waals surface area contributed by atoms with Crippen LogP contribution in [0.25, 0.3) is 22.3 Å². The number of fused-ring (bicyclic) bond motifs is 1. The lowest BCUT2D eigenvalue weighted by Crippen LogP contribution is -2.34. The molecule has 344 valence electrons. The van der Waals surface area contributed by atoms with Crippen molar-refractivity contribution in [2.75, 3.05) is 84.1 Å². The van der Waals surface area contributed by atoms with Gasteiger partial charge in [-0.1, -0.05) is 49.4 Å². The van der Waals surface area contributed by atoms with E-state index in [1.165, 1.54) is 42.7 Å². The first-order valence-electron chi connectivity index (χ1n) is 21.5. The fourth-order valence-corrected chi connectivity index (χ4v) is 8.06. The van der Waals surface area contributed by atoms with Crippen LogP contribution in [0.1, 0.15) is 86.8 Å². The first kappa shape index (κ1) is 49.6. The summed E-state index contributed by atoms with van der Waals surface area (Å²) in [6, 6.07) is 24.0. The van der Waals surface area contributed by atoms with Crippen molar-refractivity contribution in [1.29, 1.82) is 0 Å². The van der Waals surface area contributed by atoms with Crippen molar-refractivity contribution in [2.45, 2.75) is 51.9 Å². The quantitative estimate of drug-likeness (QED) is 0.0362. The minimum absolute atomic E-state index is 0.0599. The Hall–Kier alpha value is -5.45. The molecule has 1 aliphatic carbocycles. The Balaban J connectivity index is 0.000000359. The fourth-order valence-electron chi connectivity index (χ4n) is 7.14. The molecule has 0 unspecified atom stereocenters. The number of furan rings is 1. The van der Waals surface area contributed by atoms with Crippen molar-refractivity contribution >= 4 is 44.3 Å². The summed E-state index contributed by atoms with van der Waals surface area (Å²) in [5.74, 6) is -0.655. The van der Waals surface area contributed by atoms with Crippen LogP contribution in [-0.2, 0) is 46.5 Å². The van der Waals surface area contributed by atoms with Crippen LogP contribution in [0.15, 0.2) is 89.3 Å². The smallest absolute Gasteiger partial charge is 0.338 e. The van der Waals surface area contributed by atoms with Crippen LogP contribution in [0.5, 0.6) is 0 Å². The molecular weight excluding hydrogens is 844 g/mol. The number of amides is 1. The molecule has 6 rings (SSSR count). The molecule has 0 spiro atoms. The van der Waals surface area contributed by atoms with Crippen molar-refractivity contribution in [2.24, 2.45) is 0 Å². The second-order valence-corrected chi connectivity index (χ2v) is 17.1. The van der Waals surface area contributed by atoms with Crippen molar-refractivity contribution < 1.29 is 55.3 Å². The largest absolute Gasteiger partial charge is 0.465 e. The summed E-state index contributed by atoms with van der Waals surface area (Å²) < 4.78 is 74.3. The second kappa shape index (κ2) is 24.6. The van der Waals surface area contributed by atoms with Gasteiger partial charge < -0.3 is 33.4 Å². The van der Waals surface area contributed by atoms with E-state index in [0.29, 0.717) is 72.8 Å². The van der Waals surface area contributed by atoms with Gasteiger partial charge in [0.25, 0.3) is 5.91 Å². The van der Waals surface area contributed by atoms with Gasteiger partial charge in [-0.15, -0.1) is 0 Å². The van der Waals surface area contributed by atoms with Gasteiger partial charge in [0.05, 0.1) is 83.0 Å². The Morgan fingerprint density at radius 1 is 0.781 bits per heavy atom. The van der Waals surface area contributed by atoms with E-state index in [1.54, 1.807) is 25.1 Å². The molecule has 0 saturated heterocycles. The number of nitrogens with zero attached hydrogens (tertiary/aromatic N) is 1. The van der Waals surface area contributed by atoms with Crippen molar-refractivity contribution in [1.82, 2.24) is 5.32 Å². The van der Waals surface area contributed by atoms with Gasteiger partial charge >= 0.3 is 5.97 Å². The molecule has 64 heavy (non-hydrogen) atoms. The molecule has 4 aromatic carbocycles. The molecule has 1 saturated carbocycles. The lowest BCUT2D eigenvalue weighted by Gasteiger charge is -2.25. The van der Waals surface area contributed by atoms with Crippen LogP contribution in [0.2, 0.25) is 0 Å². The van der Waals surface area contributed by atoms with Gasteiger partial charge in [-0.05, 0) is 98.0 Å². The topological polar surface area (TPSA) is 160 Å². The Morgan fingerprint density at radius 3 is 1.89 bits per heavy atom. The van der Waals surface area contributed by atoms with Crippen LogP contribution >= 0.6 is 0 Å². The number of methoxy groups -OCH3 is 1. The third kappa shape index (κ3) is 14.0. The van der Waals surface area contributed by atoms with Crippen molar-refractivity contribution in [3.8, 4) is 11.3 Å². The standard InChI is InChI=1S/C34H37FN2O8S.C15H22O3/c1-36-33(38)31-28-20-27(23-8-9-23)29(21-30(28)45-32(31)24-10-12-25(35)13-11-24)37(46(3,40)41)15-17-44-19-18-43-16-14-22-6-4-5-7-26(22)34(39)42-2;1-3-9-17-11-12-18-10-8-14-6-4-5-7-15(14)13(2)16/h4-7,10-13,20-21,23H,8-9,14-19H2,1-3H3,(H,36,38);4-7H,3,8-12H2,1-2H3. The molecule has 1 heterocycles. The molecule has 5 aromatic rings. The maximum atomic E-state index is 13.6. The number of anilines is 1. The first-order chi connectivity index (χ1) is 30.9. The van der Waals surface area contributed by atoms with E-state index in [-0.39, 0.29) is 43.1 Å². The minimum atomic E-state index is -3.72. The zero-order chi connectivity index (χ0) is 46.1. The molecule has 0 atom stereocenters. The van der Waals surface area contributed by atoms with E-state index in [4.69, 9.17) is 28.1 Å². The minimum Gasteiger partial charge on any atom is -0.465 e. The fraction of sp³-hybridized carbons (Fsp3) is 0.408. The third-order valence-electron chi connectivity index (χ3n) is 10.5. The molecule has 1 N–H and O–H groups in total. The zero-order valence-corrected chi connectivity index (χ0v) is 38.1. The van der Waals surface area contributed by atoms with Crippen LogP contribution in [0.3, 0.4) is 0 Å². The van der Waals surface area contributed by atoms with E-state index >= 15 is 0 Å². The monoisotopic (exact) mass is 902 g/mol. The number of hydrogen-bond donors (Lipinski definition) is 1. The van der Waals surface area contributed by atoms with Crippen LogP contribution < -0.4 is 9.62 Å². The summed E-state index contributed by atoms with van der Waals surface area (Å²) in [5.41, 5.74) is 5.63. The maximum Gasteiger partial charge on any atom is 0.338 e. The number of sulfonamides is 1.